The molecule has 6 nitrogen and oxygen atoms in total. The van der Waals surface area contributed by atoms with Crippen LogP contribution in [0.3, 0.4) is 0 Å². The van der Waals surface area contributed by atoms with Crippen LogP contribution in [0.25, 0.3) is 0 Å². The van der Waals surface area contributed by atoms with E-state index in [4.69, 9.17) is 0 Å². The van der Waals surface area contributed by atoms with Gasteiger partial charge in [0.25, 0.3) is 5.69 Å². The van der Waals surface area contributed by atoms with E-state index in [1.807, 2.05) is 0 Å². The van der Waals surface area contributed by atoms with Crippen molar-refractivity contribution in [3.05, 3.63) is 39.4 Å². The fourth-order valence-electron chi connectivity index (χ4n) is 2.02. The van der Waals surface area contributed by atoms with Crippen LogP contribution >= 0.6 is 0 Å². The third-order valence-corrected chi connectivity index (χ3v) is 3.12. The number of imide groups is 1. The normalized spacial score (nSPS) is 18.8. The van der Waals surface area contributed by atoms with Crippen molar-refractivity contribution in [1.82, 2.24) is 4.90 Å². The number of hydrogen-bond donors (Lipinski definition) is 0. The highest BCUT2D eigenvalue weighted by atomic mass is 19.1. The second-order valence-electron chi connectivity index (χ2n) is 4.57. The Hall–Kier alpha value is -2.38. The number of halogens is 2. The molecule has 1 saturated heterocycles. The average Bonchev–Trinajstić information content (AvgIpc) is 2.59. The first-order valence-electron chi connectivity index (χ1n) is 5.77. The SMILES string of the molecule is C[C@@H]1CC(=O)N(Cc2c(F)cc([N+](=O)[O-])cc2F)C1=O. The summed E-state index contributed by atoms with van der Waals surface area (Å²) in [5.74, 6) is -3.85. The van der Waals surface area contributed by atoms with Crippen molar-refractivity contribution in [2.45, 2.75) is 19.9 Å². The van der Waals surface area contributed by atoms with Gasteiger partial charge in [-0.05, 0) is 0 Å². The lowest BCUT2D eigenvalue weighted by atomic mass is 10.1. The molecule has 0 unspecified atom stereocenters. The van der Waals surface area contributed by atoms with Gasteiger partial charge in [-0.3, -0.25) is 24.6 Å². The Balaban J connectivity index is 2.33. The van der Waals surface area contributed by atoms with Crippen molar-refractivity contribution in [2.75, 3.05) is 0 Å². The lowest BCUT2D eigenvalue weighted by molar-refractivity contribution is -0.385. The summed E-state index contributed by atoms with van der Waals surface area (Å²) in [4.78, 5) is 33.5. The molecule has 1 aromatic carbocycles. The van der Waals surface area contributed by atoms with Gasteiger partial charge in [-0.1, -0.05) is 6.92 Å². The molecule has 20 heavy (non-hydrogen) atoms. The van der Waals surface area contributed by atoms with Crippen LogP contribution in [0, 0.1) is 27.7 Å². The smallest absolute Gasteiger partial charge is 0.275 e. The molecule has 0 aliphatic carbocycles. The number of benzene rings is 1. The molecule has 1 aliphatic rings. The number of likely N-dealkylation sites (tertiary alicyclic amines) is 1. The average molecular weight is 284 g/mol. The molecular weight excluding hydrogens is 274 g/mol. The maximum absolute atomic E-state index is 13.7. The minimum Gasteiger partial charge on any atom is -0.278 e. The van der Waals surface area contributed by atoms with E-state index in [0.717, 1.165) is 4.90 Å². The minimum absolute atomic E-state index is 0.00491. The molecular formula is C12H10F2N2O4. The lowest BCUT2D eigenvalue weighted by Gasteiger charge is -2.15. The van der Waals surface area contributed by atoms with Gasteiger partial charge < -0.3 is 0 Å². The highest BCUT2D eigenvalue weighted by Crippen LogP contribution is 2.26. The molecule has 106 valence electrons. The number of nitro groups is 1. The Morgan fingerprint density at radius 2 is 1.90 bits per heavy atom. The van der Waals surface area contributed by atoms with Gasteiger partial charge in [-0.2, -0.15) is 0 Å². The standard InChI is InChI=1S/C12H10F2N2O4/c1-6-2-11(17)15(12(6)18)5-8-9(13)3-7(16(19)20)4-10(8)14/h3-4,6H,2,5H2,1H3/t6-/m1/s1. The predicted octanol–water partition coefficient (Wildman–Crippen LogP) is 1.77. The van der Waals surface area contributed by atoms with Crippen LogP contribution in [0.1, 0.15) is 18.9 Å². The van der Waals surface area contributed by atoms with Crippen molar-refractivity contribution in [1.29, 1.82) is 0 Å². The largest absolute Gasteiger partial charge is 0.278 e. The van der Waals surface area contributed by atoms with E-state index >= 15 is 0 Å². The molecule has 2 amide bonds. The van der Waals surface area contributed by atoms with E-state index in [1.54, 1.807) is 6.92 Å². The number of non-ortho nitro benzene ring substituents is 1. The zero-order chi connectivity index (χ0) is 15.0. The number of hydrogen-bond acceptors (Lipinski definition) is 4. The molecule has 1 aromatic rings. The van der Waals surface area contributed by atoms with E-state index < -0.39 is 52.1 Å². The quantitative estimate of drug-likeness (QED) is 0.481. The molecule has 1 heterocycles. The Morgan fingerprint density at radius 3 is 2.30 bits per heavy atom. The van der Waals surface area contributed by atoms with E-state index in [1.165, 1.54) is 0 Å². The number of nitrogens with zero attached hydrogens (tertiary/aromatic N) is 2. The van der Waals surface area contributed by atoms with E-state index in [0.29, 0.717) is 12.1 Å². The van der Waals surface area contributed by atoms with Gasteiger partial charge in [0.2, 0.25) is 11.8 Å². The Kier molecular flexibility index (Phi) is 3.47. The van der Waals surface area contributed by atoms with Crippen LogP contribution in [0.2, 0.25) is 0 Å². The summed E-state index contributed by atoms with van der Waals surface area (Å²) in [6.07, 6.45) is -0.00491. The number of nitro benzene ring substituents is 1. The van der Waals surface area contributed by atoms with Crippen LogP contribution in [0.4, 0.5) is 14.5 Å². The van der Waals surface area contributed by atoms with Gasteiger partial charge >= 0.3 is 0 Å². The molecule has 0 spiro atoms. The fourth-order valence-corrected chi connectivity index (χ4v) is 2.02. The molecule has 1 fully saturated rings. The molecule has 0 saturated carbocycles. The van der Waals surface area contributed by atoms with Crippen molar-refractivity contribution >= 4 is 17.5 Å². The van der Waals surface area contributed by atoms with Gasteiger partial charge in [-0.25, -0.2) is 8.78 Å². The van der Waals surface area contributed by atoms with Crippen LogP contribution in [-0.4, -0.2) is 21.6 Å². The van der Waals surface area contributed by atoms with Crippen molar-refractivity contribution in [3.63, 3.8) is 0 Å². The molecule has 0 aromatic heterocycles. The van der Waals surface area contributed by atoms with Gasteiger partial charge in [0.1, 0.15) is 11.6 Å². The Morgan fingerprint density at radius 1 is 1.35 bits per heavy atom. The van der Waals surface area contributed by atoms with Gasteiger partial charge in [-0.15, -0.1) is 0 Å². The van der Waals surface area contributed by atoms with Gasteiger partial charge in [0.15, 0.2) is 0 Å². The predicted molar refractivity (Wildman–Crippen MR) is 62.4 cm³/mol. The third-order valence-electron chi connectivity index (χ3n) is 3.12. The van der Waals surface area contributed by atoms with Crippen molar-refractivity contribution < 1.29 is 23.3 Å². The zero-order valence-corrected chi connectivity index (χ0v) is 10.4. The minimum atomic E-state index is -1.16. The van der Waals surface area contributed by atoms with E-state index in [-0.39, 0.29) is 6.42 Å². The van der Waals surface area contributed by atoms with Crippen LogP contribution in [0.5, 0.6) is 0 Å². The first kappa shape index (κ1) is 14.0. The van der Waals surface area contributed by atoms with Crippen LogP contribution < -0.4 is 0 Å². The Bertz CT molecular complexity index is 594. The maximum Gasteiger partial charge on any atom is 0.275 e. The molecule has 0 bridgehead atoms. The molecule has 1 aliphatic heterocycles. The summed E-state index contributed by atoms with van der Waals surface area (Å²) in [6, 6.07) is 1.12. The van der Waals surface area contributed by atoms with Crippen LogP contribution in [-0.2, 0) is 16.1 Å². The van der Waals surface area contributed by atoms with Gasteiger partial charge in [0, 0.05) is 17.9 Å². The molecule has 0 radical (unpaired) electrons. The molecule has 8 heteroatoms. The number of carbonyl (C=O) groups excluding carboxylic acids is 2. The topological polar surface area (TPSA) is 80.5 Å². The second-order valence-corrected chi connectivity index (χ2v) is 4.57. The van der Waals surface area contributed by atoms with Crippen molar-refractivity contribution in [2.24, 2.45) is 5.92 Å². The first-order chi connectivity index (χ1) is 9.31. The third kappa shape index (κ3) is 2.36. The van der Waals surface area contributed by atoms with E-state index in [2.05, 4.69) is 0 Å². The van der Waals surface area contributed by atoms with Crippen molar-refractivity contribution in [3.8, 4) is 0 Å². The fraction of sp³-hybridized carbons (Fsp3) is 0.333. The zero-order valence-electron chi connectivity index (χ0n) is 10.4. The summed E-state index contributed by atoms with van der Waals surface area (Å²) >= 11 is 0. The molecule has 1 atom stereocenters. The summed E-state index contributed by atoms with van der Waals surface area (Å²) in [5.41, 5.74) is -1.26. The maximum atomic E-state index is 13.7. The summed E-state index contributed by atoms with van der Waals surface area (Å²) in [5, 5.41) is 10.5. The summed E-state index contributed by atoms with van der Waals surface area (Å²) < 4.78 is 27.4. The highest BCUT2D eigenvalue weighted by Gasteiger charge is 2.36. The number of carbonyl (C=O) groups is 2. The summed E-state index contributed by atoms with van der Waals surface area (Å²) in [7, 11) is 0. The monoisotopic (exact) mass is 284 g/mol. The second kappa shape index (κ2) is 4.95. The number of rotatable bonds is 3. The van der Waals surface area contributed by atoms with Crippen LogP contribution in [0.15, 0.2) is 12.1 Å². The molecule has 0 N–H and O–H groups in total. The van der Waals surface area contributed by atoms with Gasteiger partial charge in [0.05, 0.1) is 23.6 Å². The lowest BCUT2D eigenvalue weighted by Crippen LogP contribution is -2.30. The first-order valence-corrected chi connectivity index (χ1v) is 5.77. The van der Waals surface area contributed by atoms with E-state index in [9.17, 15) is 28.5 Å². The summed E-state index contributed by atoms with van der Waals surface area (Å²) in [6.45, 7) is 0.987. The molecule has 2 rings (SSSR count). The Labute approximate surface area is 112 Å². The highest BCUT2D eigenvalue weighted by molar-refractivity contribution is 6.03. The number of amides is 2.